The molecule has 0 aromatic heterocycles. The van der Waals surface area contributed by atoms with Crippen molar-refractivity contribution in [3.63, 3.8) is 0 Å². The zero-order valence-electron chi connectivity index (χ0n) is 15.8. The van der Waals surface area contributed by atoms with E-state index in [0.29, 0.717) is 38.0 Å². The number of thioether (sulfide) groups is 1. The highest BCUT2D eigenvalue weighted by Crippen LogP contribution is 2.32. The number of hydrogen-bond donors (Lipinski definition) is 2. The van der Waals surface area contributed by atoms with Crippen LogP contribution in [0, 0.1) is 0 Å². The largest absolute Gasteiger partial charge is 0.490 e. The summed E-state index contributed by atoms with van der Waals surface area (Å²) in [5.41, 5.74) is 0.795. The average Bonchev–Trinajstić information content (AvgIpc) is 2.92. The van der Waals surface area contributed by atoms with Crippen LogP contribution in [0.25, 0.3) is 0 Å². The van der Waals surface area contributed by atoms with Gasteiger partial charge in [-0.15, -0.1) is 24.0 Å². The van der Waals surface area contributed by atoms with Gasteiger partial charge in [0.25, 0.3) is 0 Å². The van der Waals surface area contributed by atoms with Gasteiger partial charge in [-0.2, -0.15) is 11.8 Å². The Labute approximate surface area is 187 Å². The number of benzene rings is 1. The molecule has 0 radical (unpaired) electrons. The van der Waals surface area contributed by atoms with Gasteiger partial charge in [-0.3, -0.25) is 4.99 Å². The summed E-state index contributed by atoms with van der Waals surface area (Å²) in [7, 11) is -1.59. The number of anilines is 1. The monoisotopic (exact) mass is 542 g/mol. The zero-order valence-corrected chi connectivity index (χ0v) is 19.8. The molecule has 3 rings (SSSR count). The van der Waals surface area contributed by atoms with Crippen molar-refractivity contribution in [1.82, 2.24) is 9.62 Å². The van der Waals surface area contributed by atoms with Crippen LogP contribution in [0.2, 0.25) is 0 Å². The van der Waals surface area contributed by atoms with Gasteiger partial charge in [-0.05, 0) is 12.1 Å². The predicted molar refractivity (Wildman–Crippen MR) is 125 cm³/mol. The van der Waals surface area contributed by atoms with Crippen LogP contribution in [0.1, 0.15) is 6.42 Å². The Bertz CT molecular complexity index is 770. The Balaban J connectivity index is 0.00000280. The van der Waals surface area contributed by atoms with Crippen molar-refractivity contribution in [2.24, 2.45) is 4.99 Å². The molecule has 1 aromatic rings. The SMILES string of the molecule is CN=C(NCCS(=O)(=O)N1CCSCC1)Nc1ccc2c(c1)OCCCO2.I. The molecule has 0 bridgehead atoms. The lowest BCUT2D eigenvalue weighted by Crippen LogP contribution is -2.42. The van der Waals surface area contributed by atoms with E-state index in [1.807, 2.05) is 18.2 Å². The highest BCUT2D eigenvalue weighted by atomic mass is 127. The highest BCUT2D eigenvalue weighted by molar-refractivity contribution is 14.0. The molecule has 158 valence electrons. The molecule has 8 nitrogen and oxygen atoms in total. The van der Waals surface area contributed by atoms with E-state index in [1.54, 1.807) is 23.1 Å². The third kappa shape index (κ3) is 6.56. The maximum atomic E-state index is 12.4. The summed E-state index contributed by atoms with van der Waals surface area (Å²) in [5, 5.41) is 6.22. The molecule has 1 aromatic carbocycles. The molecular formula is C17H27IN4O4S2. The zero-order chi connectivity index (χ0) is 19.1. The summed E-state index contributed by atoms with van der Waals surface area (Å²) in [5.74, 6) is 3.69. The molecule has 1 saturated heterocycles. The molecule has 0 unspecified atom stereocenters. The Kier molecular flexibility index (Phi) is 9.44. The minimum atomic E-state index is -3.24. The number of aliphatic imine (C=N–C) groups is 1. The minimum Gasteiger partial charge on any atom is -0.490 e. The molecule has 2 heterocycles. The molecule has 2 N–H and O–H groups in total. The van der Waals surface area contributed by atoms with Crippen LogP contribution in [-0.4, -0.2) is 75.8 Å². The molecule has 1 fully saturated rings. The fourth-order valence-electron chi connectivity index (χ4n) is 2.81. The van der Waals surface area contributed by atoms with E-state index in [4.69, 9.17) is 9.47 Å². The molecule has 11 heteroatoms. The fraction of sp³-hybridized carbons (Fsp3) is 0.588. The lowest BCUT2D eigenvalue weighted by molar-refractivity contribution is 0.297. The number of halogens is 1. The van der Waals surface area contributed by atoms with E-state index in [0.717, 1.165) is 29.4 Å². The van der Waals surface area contributed by atoms with Crippen molar-refractivity contribution in [3.8, 4) is 11.5 Å². The highest BCUT2D eigenvalue weighted by Gasteiger charge is 2.23. The van der Waals surface area contributed by atoms with E-state index in [9.17, 15) is 8.42 Å². The number of fused-ring (bicyclic) bond motifs is 1. The van der Waals surface area contributed by atoms with E-state index in [2.05, 4.69) is 15.6 Å². The van der Waals surface area contributed by atoms with Gasteiger partial charge >= 0.3 is 0 Å². The average molecular weight is 542 g/mol. The number of sulfonamides is 1. The van der Waals surface area contributed by atoms with Crippen LogP contribution in [0.4, 0.5) is 5.69 Å². The molecule has 0 atom stereocenters. The standard InChI is InChI=1S/C17H26N4O4S2.HI/c1-18-17(19-5-12-27(22,23)21-6-10-26-11-7-21)20-14-3-4-15-16(13-14)25-9-2-8-24-15;/h3-4,13H,2,5-12H2,1H3,(H2,18,19,20);1H. The normalized spacial score (nSPS) is 18.0. The van der Waals surface area contributed by atoms with E-state index < -0.39 is 10.0 Å². The maximum absolute atomic E-state index is 12.4. The van der Waals surface area contributed by atoms with Gasteiger partial charge in [0.15, 0.2) is 17.5 Å². The first-order chi connectivity index (χ1) is 13.1. The van der Waals surface area contributed by atoms with Gasteiger partial charge in [-0.25, -0.2) is 12.7 Å². The van der Waals surface area contributed by atoms with Crippen LogP contribution >= 0.6 is 35.7 Å². The molecule has 0 saturated carbocycles. The summed E-state index contributed by atoms with van der Waals surface area (Å²) in [6.45, 7) is 2.74. The Morgan fingerprint density at radius 2 is 1.93 bits per heavy atom. The van der Waals surface area contributed by atoms with Gasteiger partial charge in [-0.1, -0.05) is 0 Å². The second kappa shape index (κ2) is 11.3. The lowest BCUT2D eigenvalue weighted by Gasteiger charge is -2.25. The summed E-state index contributed by atoms with van der Waals surface area (Å²) in [4.78, 5) is 4.16. The smallest absolute Gasteiger partial charge is 0.215 e. The third-order valence-electron chi connectivity index (χ3n) is 4.25. The number of rotatable bonds is 5. The van der Waals surface area contributed by atoms with Crippen molar-refractivity contribution >= 4 is 57.4 Å². The van der Waals surface area contributed by atoms with Crippen LogP contribution in [0.3, 0.4) is 0 Å². The lowest BCUT2D eigenvalue weighted by atomic mass is 10.3. The van der Waals surface area contributed by atoms with Crippen molar-refractivity contribution in [1.29, 1.82) is 0 Å². The van der Waals surface area contributed by atoms with E-state index in [1.165, 1.54) is 0 Å². The molecule has 2 aliphatic heterocycles. The second-order valence-corrected chi connectivity index (χ2v) is 9.48. The Morgan fingerprint density at radius 3 is 2.64 bits per heavy atom. The number of guanidine groups is 1. The van der Waals surface area contributed by atoms with Crippen LogP contribution in [0.5, 0.6) is 11.5 Å². The third-order valence-corrected chi connectivity index (χ3v) is 7.06. The summed E-state index contributed by atoms with van der Waals surface area (Å²) < 4.78 is 37.7. The van der Waals surface area contributed by atoms with E-state index >= 15 is 0 Å². The first-order valence-corrected chi connectivity index (χ1v) is 11.8. The number of nitrogens with one attached hydrogen (secondary N) is 2. The van der Waals surface area contributed by atoms with Gasteiger partial charge in [0.2, 0.25) is 10.0 Å². The topological polar surface area (TPSA) is 92.3 Å². The van der Waals surface area contributed by atoms with Gasteiger partial charge < -0.3 is 20.1 Å². The number of ether oxygens (including phenoxy) is 2. The van der Waals surface area contributed by atoms with Crippen molar-refractivity contribution < 1.29 is 17.9 Å². The molecule has 0 spiro atoms. The number of nitrogens with zero attached hydrogens (tertiary/aromatic N) is 2. The molecule has 0 amide bonds. The van der Waals surface area contributed by atoms with E-state index in [-0.39, 0.29) is 36.3 Å². The quantitative estimate of drug-likeness (QED) is 0.333. The van der Waals surface area contributed by atoms with Crippen LogP contribution < -0.4 is 20.1 Å². The Hall–Kier alpha value is -0.920. The molecule has 0 aliphatic carbocycles. The van der Waals surface area contributed by atoms with Gasteiger partial charge in [0.1, 0.15) is 0 Å². The summed E-state index contributed by atoms with van der Waals surface area (Å²) in [6.07, 6.45) is 0.852. The predicted octanol–water partition coefficient (Wildman–Crippen LogP) is 1.83. The number of hydrogen-bond acceptors (Lipinski definition) is 6. The first-order valence-electron chi connectivity index (χ1n) is 9.01. The first kappa shape index (κ1) is 23.4. The summed E-state index contributed by atoms with van der Waals surface area (Å²) >= 11 is 1.79. The van der Waals surface area contributed by atoms with Gasteiger partial charge in [0, 0.05) is 56.4 Å². The fourth-order valence-corrected chi connectivity index (χ4v) is 5.30. The van der Waals surface area contributed by atoms with Crippen molar-refractivity contribution in [2.75, 3.05) is 62.5 Å². The summed E-state index contributed by atoms with van der Waals surface area (Å²) in [6, 6.07) is 5.59. The van der Waals surface area contributed by atoms with Crippen LogP contribution in [-0.2, 0) is 10.0 Å². The molecular weight excluding hydrogens is 515 g/mol. The van der Waals surface area contributed by atoms with Crippen molar-refractivity contribution in [3.05, 3.63) is 18.2 Å². The Morgan fingerprint density at radius 1 is 1.21 bits per heavy atom. The maximum Gasteiger partial charge on any atom is 0.215 e. The van der Waals surface area contributed by atoms with Gasteiger partial charge in [0.05, 0.1) is 19.0 Å². The van der Waals surface area contributed by atoms with Crippen LogP contribution in [0.15, 0.2) is 23.2 Å². The second-order valence-electron chi connectivity index (χ2n) is 6.16. The molecule has 28 heavy (non-hydrogen) atoms. The molecule has 2 aliphatic rings. The van der Waals surface area contributed by atoms with Crippen molar-refractivity contribution in [2.45, 2.75) is 6.42 Å². The minimum absolute atomic E-state index is 0.